The quantitative estimate of drug-likeness (QED) is 0.485. The maximum absolute atomic E-state index is 14.2. The molecule has 1 fully saturated rings. The van der Waals surface area contributed by atoms with Crippen LogP contribution in [0.3, 0.4) is 0 Å². The Hall–Kier alpha value is -2.98. The Morgan fingerprint density at radius 1 is 1.31 bits per heavy atom. The molecule has 1 aromatic carbocycles. The van der Waals surface area contributed by atoms with Crippen LogP contribution in [0.5, 0.6) is 5.75 Å². The van der Waals surface area contributed by atoms with Gasteiger partial charge in [-0.15, -0.1) is 0 Å². The maximum Gasteiger partial charge on any atom is 0.309 e. The number of carbonyl (C=O) groups is 1. The highest BCUT2D eigenvalue weighted by Crippen LogP contribution is 2.38. The largest absolute Gasteiger partial charge is 0.494 e. The molecule has 3 rings (SSSR count). The second-order valence-electron chi connectivity index (χ2n) is 8.91. The fraction of sp³-hybridized carbons (Fsp3) is 0.440. The fourth-order valence-corrected chi connectivity index (χ4v) is 5.91. The SMILES string of the molecule is C=C/C(F)=C\c1c(C)c(CC(=O)O)nn1[C@H]1CN(S(=O)(=O)c2ccc(OCC)cc2)C[C@H]1C(C)C. The lowest BCUT2D eigenvalue weighted by Gasteiger charge is -2.23. The van der Waals surface area contributed by atoms with Crippen LogP contribution in [0.4, 0.5) is 4.39 Å². The molecule has 35 heavy (non-hydrogen) atoms. The van der Waals surface area contributed by atoms with Crippen molar-refractivity contribution in [3.05, 3.63) is 59.7 Å². The topological polar surface area (TPSA) is 102 Å². The fourth-order valence-electron chi connectivity index (χ4n) is 4.42. The first kappa shape index (κ1) is 26.6. The summed E-state index contributed by atoms with van der Waals surface area (Å²) in [5.41, 5.74) is 1.27. The molecule has 2 heterocycles. The minimum atomic E-state index is -3.80. The number of nitrogens with zero attached hydrogens (tertiary/aromatic N) is 3. The van der Waals surface area contributed by atoms with Crippen LogP contribution in [-0.2, 0) is 21.2 Å². The summed E-state index contributed by atoms with van der Waals surface area (Å²) in [4.78, 5) is 11.5. The summed E-state index contributed by atoms with van der Waals surface area (Å²) in [6.45, 7) is 11.9. The molecule has 0 bridgehead atoms. The minimum Gasteiger partial charge on any atom is -0.494 e. The Kier molecular flexibility index (Phi) is 8.17. The van der Waals surface area contributed by atoms with Crippen LogP contribution in [0.25, 0.3) is 6.08 Å². The third-order valence-electron chi connectivity index (χ3n) is 6.32. The van der Waals surface area contributed by atoms with E-state index >= 15 is 0 Å². The van der Waals surface area contributed by atoms with Gasteiger partial charge in [0.15, 0.2) is 0 Å². The van der Waals surface area contributed by atoms with Crippen LogP contribution in [-0.4, -0.2) is 53.3 Å². The molecule has 10 heteroatoms. The van der Waals surface area contributed by atoms with Gasteiger partial charge in [-0.25, -0.2) is 12.8 Å². The lowest BCUT2D eigenvalue weighted by Crippen LogP contribution is -2.29. The number of aromatic nitrogens is 2. The van der Waals surface area contributed by atoms with Crippen LogP contribution in [0.2, 0.25) is 0 Å². The first-order chi connectivity index (χ1) is 16.5. The van der Waals surface area contributed by atoms with E-state index in [-0.39, 0.29) is 36.2 Å². The lowest BCUT2D eigenvalue weighted by atomic mass is 9.91. The summed E-state index contributed by atoms with van der Waals surface area (Å²) >= 11 is 0. The lowest BCUT2D eigenvalue weighted by molar-refractivity contribution is -0.136. The number of hydrogen-bond acceptors (Lipinski definition) is 5. The summed E-state index contributed by atoms with van der Waals surface area (Å²) < 4.78 is 49.6. The van der Waals surface area contributed by atoms with Crippen LogP contribution < -0.4 is 4.74 Å². The number of carboxylic acid groups (broad SMARTS) is 1. The van der Waals surface area contributed by atoms with Crippen LogP contribution in [0, 0.1) is 18.8 Å². The van der Waals surface area contributed by atoms with Crippen molar-refractivity contribution in [3.8, 4) is 5.75 Å². The van der Waals surface area contributed by atoms with Gasteiger partial charge >= 0.3 is 5.97 Å². The second kappa shape index (κ2) is 10.7. The molecule has 190 valence electrons. The predicted octanol–water partition coefficient (Wildman–Crippen LogP) is 4.23. The zero-order valence-electron chi connectivity index (χ0n) is 20.4. The molecule has 1 saturated heterocycles. The maximum atomic E-state index is 14.2. The molecule has 2 aromatic rings. The standard InChI is InChI=1S/C25H32FN3O5S/c1-6-18(26)12-23-17(5)22(13-25(30)31)27-29(23)24-15-28(14-21(24)16(3)4)35(32,33)20-10-8-19(9-11-20)34-7-2/h6,8-12,16,21,24H,1,7,13-15H2,2-5H3,(H,30,31)/b18-12+/t21-,24-/m0/s1. The van der Waals surface area contributed by atoms with Crippen LogP contribution in [0.15, 0.2) is 47.6 Å². The zero-order valence-corrected chi connectivity index (χ0v) is 21.3. The molecule has 1 aliphatic rings. The van der Waals surface area contributed by atoms with E-state index in [1.165, 1.54) is 22.5 Å². The van der Waals surface area contributed by atoms with E-state index in [2.05, 4.69) is 11.7 Å². The number of benzene rings is 1. The molecule has 1 aromatic heterocycles. The number of allylic oxidation sites excluding steroid dienone is 2. The Morgan fingerprint density at radius 2 is 1.97 bits per heavy atom. The Labute approximate surface area is 205 Å². The molecular weight excluding hydrogens is 473 g/mol. The van der Waals surface area contributed by atoms with E-state index in [4.69, 9.17) is 4.74 Å². The molecule has 0 amide bonds. The summed E-state index contributed by atoms with van der Waals surface area (Å²) in [5.74, 6) is -1.08. The number of halogens is 1. The van der Waals surface area contributed by atoms with Crippen molar-refractivity contribution < 1.29 is 27.4 Å². The highest BCUT2D eigenvalue weighted by molar-refractivity contribution is 7.89. The van der Waals surface area contributed by atoms with Gasteiger partial charge < -0.3 is 9.84 Å². The van der Waals surface area contributed by atoms with E-state index in [1.54, 1.807) is 23.7 Å². The van der Waals surface area contributed by atoms with Gasteiger partial charge in [-0.2, -0.15) is 9.40 Å². The monoisotopic (exact) mass is 505 g/mol. The summed E-state index contributed by atoms with van der Waals surface area (Å²) in [6, 6.07) is 5.89. The van der Waals surface area contributed by atoms with Crippen LogP contribution in [0.1, 0.15) is 43.8 Å². The van der Waals surface area contributed by atoms with Crippen LogP contribution >= 0.6 is 0 Å². The molecular formula is C25H32FN3O5S. The first-order valence-electron chi connectivity index (χ1n) is 11.5. The van der Waals surface area contributed by atoms with Gasteiger partial charge in [0.1, 0.15) is 11.6 Å². The summed E-state index contributed by atoms with van der Waals surface area (Å²) in [5, 5.41) is 13.8. The van der Waals surface area contributed by atoms with Gasteiger partial charge in [0, 0.05) is 13.1 Å². The number of sulfonamides is 1. The minimum absolute atomic E-state index is 0.0917. The van der Waals surface area contributed by atoms with Crippen molar-refractivity contribution in [3.63, 3.8) is 0 Å². The molecule has 0 saturated carbocycles. The molecule has 0 radical (unpaired) electrons. The Bertz CT molecular complexity index is 1220. The van der Waals surface area contributed by atoms with Gasteiger partial charge in [0.05, 0.1) is 35.4 Å². The van der Waals surface area contributed by atoms with Gasteiger partial charge in [-0.3, -0.25) is 9.48 Å². The highest BCUT2D eigenvalue weighted by atomic mass is 32.2. The van der Waals surface area contributed by atoms with Crippen molar-refractivity contribution >= 4 is 22.1 Å². The van der Waals surface area contributed by atoms with E-state index in [9.17, 15) is 22.7 Å². The van der Waals surface area contributed by atoms with Gasteiger partial charge in [-0.05, 0) is 67.7 Å². The van der Waals surface area contributed by atoms with Gasteiger partial charge in [0.25, 0.3) is 0 Å². The molecule has 1 aliphatic heterocycles. The molecule has 0 unspecified atom stereocenters. The molecule has 1 N–H and O–H groups in total. The van der Waals surface area contributed by atoms with Gasteiger partial charge in [0.2, 0.25) is 10.0 Å². The van der Waals surface area contributed by atoms with Crippen molar-refractivity contribution in [2.45, 2.75) is 45.1 Å². The number of carboxylic acids is 1. The third kappa shape index (κ3) is 5.65. The molecule has 0 aliphatic carbocycles. The number of hydrogen-bond donors (Lipinski definition) is 1. The van der Waals surface area contributed by atoms with Crippen molar-refractivity contribution in [2.75, 3.05) is 19.7 Å². The van der Waals surface area contributed by atoms with Crippen molar-refractivity contribution in [1.82, 2.24) is 14.1 Å². The second-order valence-corrected chi connectivity index (χ2v) is 10.8. The molecule has 8 nitrogen and oxygen atoms in total. The van der Waals surface area contributed by atoms with Crippen molar-refractivity contribution in [2.24, 2.45) is 11.8 Å². The zero-order chi connectivity index (χ0) is 25.9. The average Bonchev–Trinajstić information content (AvgIpc) is 3.37. The normalized spacial score (nSPS) is 19.3. The molecule has 2 atom stereocenters. The van der Waals surface area contributed by atoms with E-state index in [0.29, 0.717) is 29.3 Å². The van der Waals surface area contributed by atoms with E-state index < -0.39 is 27.9 Å². The van der Waals surface area contributed by atoms with E-state index in [0.717, 1.165) is 6.08 Å². The Morgan fingerprint density at radius 3 is 2.51 bits per heavy atom. The van der Waals surface area contributed by atoms with Gasteiger partial charge in [-0.1, -0.05) is 20.4 Å². The third-order valence-corrected chi connectivity index (χ3v) is 8.17. The predicted molar refractivity (Wildman–Crippen MR) is 131 cm³/mol. The first-order valence-corrected chi connectivity index (χ1v) is 13.0. The number of aliphatic carboxylic acids is 1. The Balaban J connectivity index is 2.03. The number of ether oxygens (including phenoxy) is 1. The number of rotatable bonds is 10. The van der Waals surface area contributed by atoms with Crippen molar-refractivity contribution in [1.29, 1.82) is 0 Å². The highest BCUT2D eigenvalue weighted by Gasteiger charge is 2.43. The smallest absolute Gasteiger partial charge is 0.309 e. The summed E-state index contributed by atoms with van der Waals surface area (Å²) in [6.07, 6.45) is 2.01. The molecule has 0 spiro atoms. The average molecular weight is 506 g/mol. The van der Waals surface area contributed by atoms with E-state index in [1.807, 2.05) is 20.8 Å². The summed E-state index contributed by atoms with van der Waals surface area (Å²) in [7, 11) is -3.80.